The Kier molecular flexibility index (Phi) is 7.37. The van der Waals surface area contributed by atoms with E-state index in [1.54, 1.807) is 13.2 Å². The number of hydrogen-bond donors (Lipinski definition) is 1. The molecule has 29 heavy (non-hydrogen) atoms. The molecule has 0 aliphatic rings. The van der Waals surface area contributed by atoms with Crippen LogP contribution in [0.25, 0.3) is 0 Å². The molecule has 3 rings (SSSR count). The third kappa shape index (κ3) is 5.86. The molecular formula is C23H21Cl2NO2S. The van der Waals surface area contributed by atoms with Gasteiger partial charge in [-0.05, 0) is 42.3 Å². The number of thiocarbonyl (C=S) groups is 1. The SMILES string of the molecule is COc1cc(C(=S)NCc2ccc(C)cc2)cc(Cl)c1OCc1ccc(Cl)cc1. The van der Waals surface area contributed by atoms with E-state index in [2.05, 4.69) is 36.5 Å². The van der Waals surface area contributed by atoms with Crippen LogP contribution in [0.5, 0.6) is 11.5 Å². The molecule has 6 heteroatoms. The maximum absolute atomic E-state index is 6.47. The van der Waals surface area contributed by atoms with Gasteiger partial charge in [-0.1, -0.05) is 77.4 Å². The van der Waals surface area contributed by atoms with Gasteiger partial charge in [0.05, 0.1) is 12.1 Å². The molecule has 0 heterocycles. The highest BCUT2D eigenvalue weighted by atomic mass is 35.5. The largest absolute Gasteiger partial charge is 0.493 e. The molecule has 0 radical (unpaired) electrons. The van der Waals surface area contributed by atoms with Crippen LogP contribution in [0, 0.1) is 6.92 Å². The fourth-order valence-electron chi connectivity index (χ4n) is 2.72. The molecule has 0 atom stereocenters. The molecule has 0 bridgehead atoms. The van der Waals surface area contributed by atoms with Crippen molar-refractivity contribution in [2.45, 2.75) is 20.1 Å². The summed E-state index contributed by atoms with van der Waals surface area (Å²) < 4.78 is 11.4. The van der Waals surface area contributed by atoms with Gasteiger partial charge < -0.3 is 14.8 Å². The van der Waals surface area contributed by atoms with Crippen LogP contribution in [0.4, 0.5) is 0 Å². The number of hydrogen-bond acceptors (Lipinski definition) is 3. The van der Waals surface area contributed by atoms with Crippen molar-refractivity contribution < 1.29 is 9.47 Å². The van der Waals surface area contributed by atoms with Gasteiger partial charge in [0.2, 0.25) is 0 Å². The average Bonchev–Trinajstić information content (AvgIpc) is 2.73. The van der Waals surface area contributed by atoms with Gasteiger partial charge >= 0.3 is 0 Å². The van der Waals surface area contributed by atoms with Crippen LogP contribution in [-0.2, 0) is 13.2 Å². The highest BCUT2D eigenvalue weighted by Crippen LogP contribution is 2.37. The van der Waals surface area contributed by atoms with Gasteiger partial charge in [0.15, 0.2) is 11.5 Å². The molecule has 0 unspecified atom stereocenters. The molecular weight excluding hydrogens is 425 g/mol. The molecule has 0 saturated heterocycles. The molecule has 0 fully saturated rings. The zero-order valence-electron chi connectivity index (χ0n) is 16.2. The highest BCUT2D eigenvalue weighted by Gasteiger charge is 2.14. The van der Waals surface area contributed by atoms with Crippen molar-refractivity contribution in [1.82, 2.24) is 5.32 Å². The molecule has 3 aromatic rings. The second-order valence-electron chi connectivity index (χ2n) is 6.57. The van der Waals surface area contributed by atoms with Crippen molar-refractivity contribution in [3.63, 3.8) is 0 Å². The summed E-state index contributed by atoms with van der Waals surface area (Å²) in [5, 5.41) is 4.38. The molecule has 0 aromatic heterocycles. The van der Waals surface area contributed by atoms with E-state index in [-0.39, 0.29) is 0 Å². The van der Waals surface area contributed by atoms with Crippen LogP contribution in [0.3, 0.4) is 0 Å². The van der Waals surface area contributed by atoms with E-state index in [0.717, 1.165) is 16.7 Å². The van der Waals surface area contributed by atoms with Crippen molar-refractivity contribution in [2.75, 3.05) is 7.11 Å². The summed E-state index contributed by atoms with van der Waals surface area (Å²) in [6.45, 7) is 3.04. The molecule has 0 spiro atoms. The van der Waals surface area contributed by atoms with Crippen LogP contribution in [0.1, 0.15) is 22.3 Å². The van der Waals surface area contributed by atoms with E-state index >= 15 is 0 Å². The van der Waals surface area contributed by atoms with E-state index in [0.29, 0.717) is 39.7 Å². The third-order valence-electron chi connectivity index (χ3n) is 4.36. The number of aryl methyl sites for hydroxylation is 1. The first-order chi connectivity index (χ1) is 14.0. The number of nitrogens with one attached hydrogen (secondary N) is 1. The van der Waals surface area contributed by atoms with E-state index in [1.165, 1.54) is 5.56 Å². The zero-order valence-corrected chi connectivity index (χ0v) is 18.5. The van der Waals surface area contributed by atoms with Crippen LogP contribution in [0.15, 0.2) is 60.7 Å². The Morgan fingerprint density at radius 3 is 2.28 bits per heavy atom. The van der Waals surface area contributed by atoms with Gasteiger partial charge in [-0.2, -0.15) is 0 Å². The van der Waals surface area contributed by atoms with Gasteiger partial charge in [0.25, 0.3) is 0 Å². The predicted octanol–water partition coefficient (Wildman–Crippen LogP) is 6.35. The first-order valence-corrected chi connectivity index (χ1v) is 10.2. The summed E-state index contributed by atoms with van der Waals surface area (Å²) in [5.41, 5.74) is 4.13. The van der Waals surface area contributed by atoms with Gasteiger partial charge in [-0.15, -0.1) is 0 Å². The number of ether oxygens (including phenoxy) is 2. The van der Waals surface area contributed by atoms with Crippen LogP contribution >= 0.6 is 35.4 Å². The summed E-state index contributed by atoms with van der Waals surface area (Å²) in [4.78, 5) is 0.593. The molecule has 0 aliphatic heterocycles. The number of halogens is 2. The Bertz CT molecular complexity index is 989. The van der Waals surface area contributed by atoms with Crippen LogP contribution in [0.2, 0.25) is 10.0 Å². The van der Waals surface area contributed by atoms with Crippen LogP contribution in [-0.4, -0.2) is 12.1 Å². The molecule has 3 nitrogen and oxygen atoms in total. The average molecular weight is 446 g/mol. The Hall–Kier alpha value is -2.27. The lowest BCUT2D eigenvalue weighted by atomic mass is 10.1. The normalized spacial score (nSPS) is 10.5. The Morgan fingerprint density at radius 2 is 1.62 bits per heavy atom. The van der Waals surface area contributed by atoms with Crippen molar-refractivity contribution >= 4 is 40.4 Å². The maximum atomic E-state index is 6.47. The maximum Gasteiger partial charge on any atom is 0.180 e. The van der Waals surface area contributed by atoms with Crippen molar-refractivity contribution in [3.05, 3.63) is 93.0 Å². The van der Waals surface area contributed by atoms with E-state index in [4.69, 9.17) is 44.9 Å². The molecule has 1 N–H and O–H groups in total. The zero-order chi connectivity index (χ0) is 20.8. The number of benzene rings is 3. The minimum Gasteiger partial charge on any atom is -0.493 e. The van der Waals surface area contributed by atoms with Crippen molar-refractivity contribution in [1.29, 1.82) is 0 Å². The topological polar surface area (TPSA) is 30.5 Å². The summed E-state index contributed by atoms with van der Waals surface area (Å²) >= 11 is 17.9. The summed E-state index contributed by atoms with van der Waals surface area (Å²) in [7, 11) is 1.58. The number of methoxy groups -OCH3 is 1. The van der Waals surface area contributed by atoms with E-state index < -0.39 is 0 Å². The second-order valence-corrected chi connectivity index (χ2v) is 7.82. The first kappa shape index (κ1) is 21.4. The Labute approximate surface area is 186 Å². The predicted molar refractivity (Wildman–Crippen MR) is 124 cm³/mol. The molecule has 150 valence electrons. The highest BCUT2D eigenvalue weighted by molar-refractivity contribution is 7.80. The monoisotopic (exact) mass is 445 g/mol. The Balaban J connectivity index is 1.70. The fourth-order valence-corrected chi connectivity index (χ4v) is 3.30. The first-order valence-electron chi connectivity index (χ1n) is 9.05. The molecule has 0 amide bonds. The van der Waals surface area contributed by atoms with E-state index in [9.17, 15) is 0 Å². The summed E-state index contributed by atoms with van der Waals surface area (Å²) in [6, 6.07) is 19.4. The second kappa shape index (κ2) is 9.97. The lowest BCUT2D eigenvalue weighted by molar-refractivity contribution is 0.284. The minimum absolute atomic E-state index is 0.350. The van der Waals surface area contributed by atoms with Gasteiger partial charge in [0.1, 0.15) is 11.6 Å². The lowest BCUT2D eigenvalue weighted by Crippen LogP contribution is -2.21. The minimum atomic E-state index is 0.350. The summed E-state index contributed by atoms with van der Waals surface area (Å²) in [6.07, 6.45) is 0. The number of rotatable bonds is 7. The van der Waals surface area contributed by atoms with Gasteiger partial charge in [0, 0.05) is 17.1 Å². The summed E-state index contributed by atoms with van der Waals surface area (Å²) in [5.74, 6) is 1.01. The molecule has 3 aromatic carbocycles. The standard InChI is InChI=1S/C23H21Cl2NO2S/c1-15-3-5-16(6-4-15)13-26-23(29)18-11-20(25)22(21(12-18)27-2)28-14-17-7-9-19(24)10-8-17/h3-12H,13-14H2,1-2H3,(H,26,29). The van der Waals surface area contributed by atoms with Crippen molar-refractivity contribution in [3.8, 4) is 11.5 Å². The van der Waals surface area contributed by atoms with Gasteiger partial charge in [-0.3, -0.25) is 0 Å². The van der Waals surface area contributed by atoms with E-state index in [1.807, 2.05) is 30.3 Å². The Morgan fingerprint density at radius 1 is 0.966 bits per heavy atom. The fraction of sp³-hybridized carbons (Fsp3) is 0.174. The quantitative estimate of drug-likeness (QED) is 0.428. The molecule has 0 saturated carbocycles. The van der Waals surface area contributed by atoms with Crippen LogP contribution < -0.4 is 14.8 Å². The molecule has 0 aliphatic carbocycles. The van der Waals surface area contributed by atoms with Gasteiger partial charge in [-0.25, -0.2) is 0 Å². The lowest BCUT2D eigenvalue weighted by Gasteiger charge is -2.15. The third-order valence-corrected chi connectivity index (χ3v) is 5.27. The smallest absolute Gasteiger partial charge is 0.180 e. The van der Waals surface area contributed by atoms with Crippen molar-refractivity contribution in [2.24, 2.45) is 0 Å².